The fourth-order valence-corrected chi connectivity index (χ4v) is 2.00. The van der Waals surface area contributed by atoms with Crippen LogP contribution in [0.3, 0.4) is 0 Å². The molecule has 0 aliphatic carbocycles. The van der Waals surface area contributed by atoms with Crippen molar-refractivity contribution >= 4 is 18.4 Å². The van der Waals surface area contributed by atoms with E-state index in [1.807, 2.05) is 0 Å². The van der Waals surface area contributed by atoms with Crippen LogP contribution in [0.4, 0.5) is 26.3 Å². The van der Waals surface area contributed by atoms with Crippen LogP contribution in [0, 0.1) is 0 Å². The van der Waals surface area contributed by atoms with Gasteiger partial charge in [-0.15, -0.1) is 0 Å². The average Bonchev–Trinajstić information content (AvgIpc) is 2.51. The SMILES string of the molecule is O=Cc1cccc(/C=C\c2cc(C(F)(F)F)cc(C(F)(F)F)c2)c1. The molecule has 2 rings (SSSR count). The summed E-state index contributed by atoms with van der Waals surface area (Å²) in [6, 6.07) is 7.45. The number of aldehydes is 1. The van der Waals surface area contributed by atoms with Gasteiger partial charge in [0.2, 0.25) is 0 Å². The molecule has 0 spiro atoms. The predicted octanol–water partition coefficient (Wildman–Crippen LogP) is 5.71. The highest BCUT2D eigenvalue weighted by molar-refractivity contribution is 5.78. The number of benzene rings is 2. The molecule has 2 aromatic rings. The number of halogens is 6. The fourth-order valence-electron chi connectivity index (χ4n) is 2.00. The maximum Gasteiger partial charge on any atom is 0.416 e. The molecule has 0 bridgehead atoms. The number of hydrogen-bond acceptors (Lipinski definition) is 1. The summed E-state index contributed by atoms with van der Waals surface area (Å²) < 4.78 is 76.6. The van der Waals surface area contributed by atoms with Crippen LogP contribution in [0.5, 0.6) is 0 Å². The first kappa shape index (κ1) is 17.8. The molecule has 2 aromatic carbocycles. The quantitative estimate of drug-likeness (QED) is 0.396. The lowest BCUT2D eigenvalue weighted by molar-refractivity contribution is -0.143. The molecule has 1 nitrogen and oxygen atoms in total. The molecule has 0 radical (unpaired) electrons. The van der Waals surface area contributed by atoms with Gasteiger partial charge >= 0.3 is 12.4 Å². The highest BCUT2D eigenvalue weighted by Gasteiger charge is 2.36. The molecule has 0 atom stereocenters. The topological polar surface area (TPSA) is 17.1 Å². The number of hydrogen-bond donors (Lipinski definition) is 0. The zero-order valence-corrected chi connectivity index (χ0v) is 11.9. The minimum Gasteiger partial charge on any atom is -0.298 e. The molecule has 0 aliphatic heterocycles. The second-order valence-corrected chi connectivity index (χ2v) is 4.96. The van der Waals surface area contributed by atoms with E-state index in [9.17, 15) is 31.1 Å². The van der Waals surface area contributed by atoms with Crippen LogP contribution in [-0.2, 0) is 12.4 Å². The number of alkyl halides is 6. The number of carbonyl (C=O) groups excluding carboxylic acids is 1. The summed E-state index contributed by atoms with van der Waals surface area (Å²) in [5.41, 5.74) is -2.17. The van der Waals surface area contributed by atoms with Gasteiger partial charge < -0.3 is 0 Å². The van der Waals surface area contributed by atoms with E-state index < -0.39 is 23.5 Å². The maximum atomic E-state index is 12.8. The van der Waals surface area contributed by atoms with E-state index in [-0.39, 0.29) is 11.6 Å². The molecule has 0 aliphatic rings. The molecule has 0 fully saturated rings. The van der Waals surface area contributed by atoms with E-state index in [4.69, 9.17) is 0 Å². The van der Waals surface area contributed by atoms with E-state index >= 15 is 0 Å². The third-order valence-electron chi connectivity index (χ3n) is 3.12. The Morgan fingerprint density at radius 1 is 0.667 bits per heavy atom. The number of rotatable bonds is 3. The van der Waals surface area contributed by atoms with Crippen LogP contribution >= 0.6 is 0 Å². The van der Waals surface area contributed by atoms with E-state index in [1.165, 1.54) is 18.2 Å². The van der Waals surface area contributed by atoms with Crippen molar-refractivity contribution in [3.8, 4) is 0 Å². The molecule has 0 heterocycles. The van der Waals surface area contributed by atoms with Crippen molar-refractivity contribution in [3.63, 3.8) is 0 Å². The van der Waals surface area contributed by atoms with Gasteiger partial charge in [-0.2, -0.15) is 26.3 Å². The van der Waals surface area contributed by atoms with Crippen molar-refractivity contribution in [2.24, 2.45) is 0 Å². The zero-order valence-electron chi connectivity index (χ0n) is 11.9. The Morgan fingerprint density at radius 3 is 1.67 bits per heavy atom. The van der Waals surface area contributed by atoms with Crippen molar-refractivity contribution in [1.82, 2.24) is 0 Å². The van der Waals surface area contributed by atoms with Gasteiger partial charge in [-0.1, -0.05) is 30.4 Å². The molecule has 126 valence electrons. The van der Waals surface area contributed by atoms with Gasteiger partial charge in [0.1, 0.15) is 6.29 Å². The van der Waals surface area contributed by atoms with E-state index in [0.717, 1.165) is 6.08 Å². The van der Waals surface area contributed by atoms with Crippen LogP contribution < -0.4 is 0 Å². The number of carbonyl (C=O) groups is 1. The van der Waals surface area contributed by atoms with Gasteiger partial charge in [0, 0.05) is 5.56 Å². The lowest BCUT2D eigenvalue weighted by Gasteiger charge is -2.12. The predicted molar refractivity (Wildman–Crippen MR) is 77.2 cm³/mol. The molecule has 24 heavy (non-hydrogen) atoms. The summed E-state index contributed by atoms with van der Waals surface area (Å²) in [6.07, 6.45) is -6.72. The Morgan fingerprint density at radius 2 is 1.17 bits per heavy atom. The van der Waals surface area contributed by atoms with E-state index in [1.54, 1.807) is 12.1 Å². The highest BCUT2D eigenvalue weighted by Crippen LogP contribution is 2.36. The van der Waals surface area contributed by atoms with Crippen LogP contribution in [-0.4, -0.2) is 6.29 Å². The van der Waals surface area contributed by atoms with Crippen LogP contribution in [0.25, 0.3) is 12.2 Å². The molecular formula is C17H10F6O. The molecule has 0 unspecified atom stereocenters. The standard InChI is InChI=1S/C17H10F6O/c18-16(19,20)14-7-12(8-15(9-14)17(21,22)23)5-4-11-2-1-3-13(6-11)10-24/h1-10H/b5-4-. The summed E-state index contributed by atoms with van der Waals surface area (Å²) in [7, 11) is 0. The Kier molecular flexibility index (Phi) is 4.82. The minimum atomic E-state index is -4.89. The van der Waals surface area contributed by atoms with Gasteiger partial charge in [-0.25, -0.2) is 0 Å². The van der Waals surface area contributed by atoms with Gasteiger partial charge in [0.15, 0.2) is 0 Å². The maximum absolute atomic E-state index is 12.8. The van der Waals surface area contributed by atoms with Crippen molar-refractivity contribution in [2.45, 2.75) is 12.4 Å². The first-order valence-electron chi connectivity index (χ1n) is 6.62. The van der Waals surface area contributed by atoms with E-state index in [2.05, 4.69) is 0 Å². The molecule has 0 saturated heterocycles. The van der Waals surface area contributed by atoms with Crippen LogP contribution in [0.15, 0.2) is 42.5 Å². The lowest BCUT2D eigenvalue weighted by Crippen LogP contribution is -2.11. The Bertz CT molecular complexity index is 739. The molecule has 0 N–H and O–H groups in total. The summed E-state index contributed by atoms with van der Waals surface area (Å²) in [5.74, 6) is 0. The molecular weight excluding hydrogens is 334 g/mol. The fraction of sp³-hybridized carbons (Fsp3) is 0.118. The normalized spacial score (nSPS) is 12.6. The van der Waals surface area contributed by atoms with Gasteiger partial charge in [0.05, 0.1) is 11.1 Å². The third-order valence-corrected chi connectivity index (χ3v) is 3.12. The summed E-state index contributed by atoms with van der Waals surface area (Å²) >= 11 is 0. The Balaban J connectivity index is 2.45. The van der Waals surface area contributed by atoms with Crippen molar-refractivity contribution in [1.29, 1.82) is 0 Å². The summed E-state index contributed by atoms with van der Waals surface area (Å²) in [5, 5.41) is 0. The van der Waals surface area contributed by atoms with Gasteiger partial charge in [-0.3, -0.25) is 4.79 Å². The minimum absolute atomic E-state index is 0.0738. The lowest BCUT2D eigenvalue weighted by atomic mass is 10.0. The largest absolute Gasteiger partial charge is 0.416 e. The van der Waals surface area contributed by atoms with Gasteiger partial charge in [-0.05, 0) is 35.4 Å². The zero-order chi connectivity index (χ0) is 18.0. The first-order valence-corrected chi connectivity index (χ1v) is 6.62. The van der Waals surface area contributed by atoms with Crippen molar-refractivity contribution in [3.05, 3.63) is 70.3 Å². The van der Waals surface area contributed by atoms with Crippen molar-refractivity contribution in [2.75, 3.05) is 0 Å². The second-order valence-electron chi connectivity index (χ2n) is 4.96. The van der Waals surface area contributed by atoms with E-state index in [0.29, 0.717) is 29.5 Å². The third kappa shape index (κ3) is 4.47. The Hall–Kier alpha value is -2.57. The molecule has 0 aromatic heterocycles. The van der Waals surface area contributed by atoms with Gasteiger partial charge in [0.25, 0.3) is 0 Å². The summed E-state index contributed by atoms with van der Waals surface area (Å²) in [6.45, 7) is 0. The summed E-state index contributed by atoms with van der Waals surface area (Å²) in [4.78, 5) is 10.7. The van der Waals surface area contributed by atoms with Crippen molar-refractivity contribution < 1.29 is 31.1 Å². The molecule has 0 amide bonds. The Labute approximate surface area is 133 Å². The molecule has 0 saturated carbocycles. The smallest absolute Gasteiger partial charge is 0.298 e. The monoisotopic (exact) mass is 344 g/mol. The first-order chi connectivity index (χ1) is 11.1. The van der Waals surface area contributed by atoms with Crippen LogP contribution in [0.1, 0.15) is 32.6 Å². The highest BCUT2D eigenvalue weighted by atomic mass is 19.4. The average molecular weight is 344 g/mol. The second kappa shape index (κ2) is 6.51. The molecule has 7 heteroatoms. The van der Waals surface area contributed by atoms with Crippen LogP contribution in [0.2, 0.25) is 0 Å².